The Labute approximate surface area is 87.4 Å². The molecule has 0 bridgehead atoms. The van der Waals surface area contributed by atoms with Crippen molar-refractivity contribution in [2.24, 2.45) is 12.8 Å². The third-order valence-corrected chi connectivity index (χ3v) is 2.37. The van der Waals surface area contributed by atoms with Gasteiger partial charge in [0.15, 0.2) is 0 Å². The first-order valence-corrected chi connectivity index (χ1v) is 4.67. The van der Waals surface area contributed by atoms with Gasteiger partial charge in [-0.25, -0.2) is 9.37 Å². The van der Waals surface area contributed by atoms with E-state index in [0.29, 0.717) is 0 Å². The molecule has 1 aromatic carbocycles. The van der Waals surface area contributed by atoms with E-state index in [1.807, 2.05) is 17.8 Å². The van der Waals surface area contributed by atoms with Crippen LogP contribution in [-0.4, -0.2) is 9.55 Å². The maximum absolute atomic E-state index is 12.7. The van der Waals surface area contributed by atoms with Crippen molar-refractivity contribution in [1.82, 2.24) is 9.55 Å². The number of imidazole rings is 1. The monoisotopic (exact) mass is 205 g/mol. The Kier molecular flexibility index (Phi) is 2.51. The zero-order valence-corrected chi connectivity index (χ0v) is 8.39. The molecular formula is C11H12FN3. The van der Waals surface area contributed by atoms with Crippen molar-refractivity contribution in [3.05, 3.63) is 53.9 Å². The number of halogens is 1. The van der Waals surface area contributed by atoms with E-state index in [0.717, 1.165) is 11.4 Å². The number of nitrogens with zero attached hydrogens (tertiary/aromatic N) is 2. The van der Waals surface area contributed by atoms with Crippen molar-refractivity contribution >= 4 is 0 Å². The number of hydrogen-bond acceptors (Lipinski definition) is 2. The van der Waals surface area contributed by atoms with Crippen LogP contribution in [0.25, 0.3) is 0 Å². The van der Waals surface area contributed by atoms with Gasteiger partial charge in [-0.2, -0.15) is 0 Å². The molecule has 0 fully saturated rings. The van der Waals surface area contributed by atoms with E-state index < -0.39 is 0 Å². The Balaban J connectivity index is 2.32. The molecule has 1 heterocycles. The number of nitrogens with two attached hydrogens (primary N) is 1. The van der Waals surface area contributed by atoms with E-state index in [-0.39, 0.29) is 11.9 Å². The topological polar surface area (TPSA) is 43.8 Å². The van der Waals surface area contributed by atoms with E-state index in [9.17, 15) is 4.39 Å². The van der Waals surface area contributed by atoms with E-state index in [1.165, 1.54) is 12.1 Å². The van der Waals surface area contributed by atoms with Crippen LogP contribution in [0.5, 0.6) is 0 Å². The van der Waals surface area contributed by atoms with Crippen LogP contribution in [-0.2, 0) is 7.05 Å². The molecule has 2 rings (SSSR count). The van der Waals surface area contributed by atoms with Gasteiger partial charge in [0.25, 0.3) is 0 Å². The summed E-state index contributed by atoms with van der Waals surface area (Å²) in [5, 5.41) is 0. The summed E-state index contributed by atoms with van der Waals surface area (Å²) in [6.07, 6.45) is 3.53. The van der Waals surface area contributed by atoms with Crippen LogP contribution < -0.4 is 5.73 Å². The van der Waals surface area contributed by atoms with Crippen molar-refractivity contribution in [3.8, 4) is 0 Å². The van der Waals surface area contributed by atoms with Gasteiger partial charge in [0.2, 0.25) is 0 Å². The number of hydrogen-bond donors (Lipinski definition) is 1. The first-order valence-electron chi connectivity index (χ1n) is 4.67. The van der Waals surface area contributed by atoms with Gasteiger partial charge in [-0.05, 0) is 17.7 Å². The second-order valence-corrected chi connectivity index (χ2v) is 3.43. The lowest BCUT2D eigenvalue weighted by molar-refractivity contribution is 0.625. The van der Waals surface area contributed by atoms with Gasteiger partial charge in [0.05, 0.1) is 6.04 Å². The maximum atomic E-state index is 12.7. The molecule has 0 aliphatic carbocycles. The molecule has 0 aliphatic rings. The highest BCUT2D eigenvalue weighted by Crippen LogP contribution is 2.17. The fourth-order valence-corrected chi connectivity index (χ4v) is 1.50. The SMILES string of the molecule is Cn1ccnc1C(N)c1ccc(F)cc1. The molecule has 1 aromatic heterocycles. The van der Waals surface area contributed by atoms with Crippen LogP contribution in [0.4, 0.5) is 4.39 Å². The van der Waals surface area contributed by atoms with Crippen LogP contribution >= 0.6 is 0 Å². The summed E-state index contributed by atoms with van der Waals surface area (Å²) in [5.74, 6) is 0.507. The molecule has 0 amide bonds. The maximum Gasteiger partial charge on any atom is 0.129 e. The normalized spacial score (nSPS) is 12.7. The average Bonchev–Trinajstić information content (AvgIpc) is 2.65. The third kappa shape index (κ3) is 1.89. The van der Waals surface area contributed by atoms with Crippen LogP contribution in [0.1, 0.15) is 17.4 Å². The minimum Gasteiger partial charge on any atom is -0.336 e. The fourth-order valence-electron chi connectivity index (χ4n) is 1.50. The molecule has 15 heavy (non-hydrogen) atoms. The van der Waals surface area contributed by atoms with Gasteiger partial charge in [-0.1, -0.05) is 12.1 Å². The van der Waals surface area contributed by atoms with Gasteiger partial charge in [-0.15, -0.1) is 0 Å². The quantitative estimate of drug-likeness (QED) is 0.809. The van der Waals surface area contributed by atoms with E-state index >= 15 is 0 Å². The van der Waals surface area contributed by atoms with Crippen molar-refractivity contribution in [2.75, 3.05) is 0 Å². The van der Waals surface area contributed by atoms with Crippen LogP contribution in [0.3, 0.4) is 0 Å². The molecule has 1 unspecified atom stereocenters. The smallest absolute Gasteiger partial charge is 0.129 e. The highest BCUT2D eigenvalue weighted by atomic mass is 19.1. The van der Waals surface area contributed by atoms with Crippen molar-refractivity contribution in [3.63, 3.8) is 0 Å². The summed E-state index contributed by atoms with van der Waals surface area (Å²) in [6.45, 7) is 0. The van der Waals surface area contributed by atoms with Gasteiger partial charge in [0.1, 0.15) is 11.6 Å². The summed E-state index contributed by atoms with van der Waals surface area (Å²) in [6, 6.07) is 5.84. The van der Waals surface area contributed by atoms with Crippen LogP contribution in [0, 0.1) is 5.82 Å². The summed E-state index contributed by atoms with van der Waals surface area (Å²) >= 11 is 0. The van der Waals surface area contributed by atoms with Gasteiger partial charge in [0, 0.05) is 19.4 Å². The molecule has 1 atom stereocenters. The summed E-state index contributed by atoms with van der Waals surface area (Å²) in [4.78, 5) is 4.16. The van der Waals surface area contributed by atoms with Crippen molar-refractivity contribution in [2.45, 2.75) is 6.04 Å². The highest BCUT2D eigenvalue weighted by Gasteiger charge is 2.12. The molecule has 2 N–H and O–H groups in total. The molecule has 0 saturated carbocycles. The zero-order valence-electron chi connectivity index (χ0n) is 8.39. The number of aryl methyl sites for hydroxylation is 1. The fraction of sp³-hybridized carbons (Fsp3) is 0.182. The van der Waals surface area contributed by atoms with Gasteiger partial charge >= 0.3 is 0 Å². The molecule has 0 saturated heterocycles. The van der Waals surface area contributed by atoms with Crippen molar-refractivity contribution in [1.29, 1.82) is 0 Å². The lowest BCUT2D eigenvalue weighted by Gasteiger charge is -2.11. The molecule has 4 heteroatoms. The summed E-state index contributed by atoms with van der Waals surface area (Å²) in [5.41, 5.74) is 6.86. The Morgan fingerprint density at radius 1 is 1.33 bits per heavy atom. The van der Waals surface area contributed by atoms with E-state index in [4.69, 9.17) is 5.73 Å². The van der Waals surface area contributed by atoms with Gasteiger partial charge in [-0.3, -0.25) is 0 Å². The number of aromatic nitrogens is 2. The first-order chi connectivity index (χ1) is 7.18. The van der Waals surface area contributed by atoms with E-state index in [2.05, 4.69) is 4.98 Å². The second-order valence-electron chi connectivity index (χ2n) is 3.43. The Bertz CT molecular complexity index is 447. The standard InChI is InChI=1S/C11H12FN3/c1-15-7-6-14-11(15)10(13)8-2-4-9(12)5-3-8/h2-7,10H,13H2,1H3. The van der Waals surface area contributed by atoms with Crippen LogP contribution in [0.2, 0.25) is 0 Å². The number of rotatable bonds is 2. The first kappa shape index (κ1) is 9.86. The summed E-state index contributed by atoms with van der Waals surface area (Å²) in [7, 11) is 1.88. The molecule has 2 aromatic rings. The van der Waals surface area contributed by atoms with Crippen molar-refractivity contribution < 1.29 is 4.39 Å². The molecule has 78 valence electrons. The molecule has 0 spiro atoms. The van der Waals surface area contributed by atoms with Gasteiger partial charge < -0.3 is 10.3 Å². The largest absolute Gasteiger partial charge is 0.336 e. The lowest BCUT2D eigenvalue weighted by atomic mass is 10.1. The predicted molar refractivity (Wildman–Crippen MR) is 55.6 cm³/mol. The Morgan fingerprint density at radius 2 is 2.00 bits per heavy atom. The predicted octanol–water partition coefficient (Wildman–Crippen LogP) is 1.61. The minimum atomic E-state index is -0.314. The second kappa shape index (κ2) is 3.82. The molecule has 0 aliphatic heterocycles. The van der Waals surface area contributed by atoms with Crippen LogP contribution in [0.15, 0.2) is 36.7 Å². The Morgan fingerprint density at radius 3 is 2.53 bits per heavy atom. The highest BCUT2D eigenvalue weighted by molar-refractivity contribution is 5.25. The number of benzene rings is 1. The molecule has 0 radical (unpaired) electrons. The van der Waals surface area contributed by atoms with E-state index in [1.54, 1.807) is 18.3 Å². The molecule has 3 nitrogen and oxygen atoms in total. The molecular weight excluding hydrogens is 193 g/mol. The Hall–Kier alpha value is -1.68. The summed E-state index contributed by atoms with van der Waals surface area (Å²) < 4.78 is 14.6. The average molecular weight is 205 g/mol. The minimum absolute atomic E-state index is 0.259. The zero-order chi connectivity index (χ0) is 10.8. The third-order valence-electron chi connectivity index (χ3n) is 2.37. The lowest BCUT2D eigenvalue weighted by Crippen LogP contribution is -2.16.